The van der Waals surface area contributed by atoms with E-state index in [-0.39, 0.29) is 0 Å². The Balaban J connectivity index is 2.76. The second-order valence-electron chi connectivity index (χ2n) is 4.15. The Kier molecular flexibility index (Phi) is 5.71. The summed E-state index contributed by atoms with van der Waals surface area (Å²) in [5, 5.41) is 3.55. The van der Waals surface area contributed by atoms with Crippen molar-refractivity contribution in [2.24, 2.45) is 5.92 Å². The van der Waals surface area contributed by atoms with Crippen LogP contribution in [-0.2, 0) is 4.74 Å². The maximum Gasteiger partial charge on any atom is 0.0666 e. The van der Waals surface area contributed by atoms with Crippen LogP contribution >= 0.6 is 11.8 Å². The molecular formula is C13H21NOS. The minimum absolute atomic E-state index is 0.360. The van der Waals surface area contributed by atoms with Gasteiger partial charge in [0.2, 0.25) is 0 Å². The number of benzene rings is 1. The number of thioether (sulfide) groups is 1. The quantitative estimate of drug-likeness (QED) is 0.768. The number of hydrogen-bond donors (Lipinski definition) is 1. The molecule has 0 heterocycles. The third-order valence-electron chi connectivity index (χ3n) is 2.60. The summed E-state index contributed by atoms with van der Waals surface area (Å²) in [7, 11) is 1.75. The highest BCUT2D eigenvalue weighted by Gasteiger charge is 2.13. The molecule has 3 heteroatoms. The van der Waals surface area contributed by atoms with Gasteiger partial charge in [0.25, 0.3) is 0 Å². The SMILES string of the molecule is COCC(Nc1ccccc1SC)C(C)C. The Morgan fingerprint density at radius 3 is 2.56 bits per heavy atom. The highest BCUT2D eigenvalue weighted by atomic mass is 32.2. The molecule has 1 atom stereocenters. The lowest BCUT2D eigenvalue weighted by molar-refractivity contribution is 0.171. The summed E-state index contributed by atoms with van der Waals surface area (Å²) in [6, 6.07) is 8.75. The Morgan fingerprint density at radius 1 is 1.31 bits per heavy atom. The second kappa shape index (κ2) is 6.81. The number of nitrogens with one attached hydrogen (secondary N) is 1. The third kappa shape index (κ3) is 3.72. The molecule has 0 aliphatic heterocycles. The van der Waals surface area contributed by atoms with Crippen LogP contribution in [0.5, 0.6) is 0 Å². The van der Waals surface area contributed by atoms with Crippen LogP contribution < -0.4 is 5.32 Å². The van der Waals surface area contributed by atoms with Gasteiger partial charge in [0.05, 0.1) is 12.6 Å². The van der Waals surface area contributed by atoms with Crippen molar-refractivity contribution in [3.63, 3.8) is 0 Å². The fourth-order valence-corrected chi connectivity index (χ4v) is 2.11. The molecule has 16 heavy (non-hydrogen) atoms. The summed E-state index contributed by atoms with van der Waals surface area (Å²) in [6.07, 6.45) is 2.10. The first-order valence-electron chi connectivity index (χ1n) is 5.57. The van der Waals surface area contributed by atoms with Gasteiger partial charge in [0.15, 0.2) is 0 Å². The van der Waals surface area contributed by atoms with Crippen molar-refractivity contribution >= 4 is 17.4 Å². The Bertz CT molecular complexity index is 315. The maximum absolute atomic E-state index is 5.24. The van der Waals surface area contributed by atoms with Gasteiger partial charge < -0.3 is 10.1 Å². The molecular weight excluding hydrogens is 218 g/mol. The molecule has 0 amide bonds. The van der Waals surface area contributed by atoms with Crippen molar-refractivity contribution in [3.05, 3.63) is 24.3 Å². The lowest BCUT2D eigenvalue weighted by atomic mass is 10.1. The molecule has 0 aliphatic carbocycles. The predicted octanol–water partition coefficient (Wildman–Crippen LogP) is 3.49. The normalized spacial score (nSPS) is 12.8. The zero-order chi connectivity index (χ0) is 12.0. The van der Waals surface area contributed by atoms with E-state index in [1.165, 1.54) is 10.6 Å². The predicted molar refractivity (Wildman–Crippen MR) is 72.3 cm³/mol. The first kappa shape index (κ1) is 13.4. The Hall–Kier alpha value is -0.670. The average Bonchev–Trinajstić information content (AvgIpc) is 2.29. The second-order valence-corrected chi connectivity index (χ2v) is 5.00. The fraction of sp³-hybridized carbons (Fsp3) is 0.538. The summed E-state index contributed by atoms with van der Waals surface area (Å²) in [6.45, 7) is 5.15. The van der Waals surface area contributed by atoms with E-state index in [4.69, 9.17) is 4.74 Å². The summed E-state index contributed by atoms with van der Waals surface area (Å²) >= 11 is 1.76. The zero-order valence-electron chi connectivity index (χ0n) is 10.5. The van der Waals surface area contributed by atoms with Crippen LogP contribution in [0.4, 0.5) is 5.69 Å². The van der Waals surface area contributed by atoms with Gasteiger partial charge in [-0.1, -0.05) is 26.0 Å². The van der Waals surface area contributed by atoms with Gasteiger partial charge in [-0.2, -0.15) is 0 Å². The van der Waals surface area contributed by atoms with E-state index < -0.39 is 0 Å². The molecule has 1 rings (SSSR count). The van der Waals surface area contributed by atoms with Gasteiger partial charge in [-0.05, 0) is 24.3 Å². The van der Waals surface area contributed by atoms with Crippen LogP contribution in [0, 0.1) is 5.92 Å². The summed E-state index contributed by atoms with van der Waals surface area (Å²) in [5.41, 5.74) is 1.20. The van der Waals surface area contributed by atoms with E-state index in [2.05, 4.69) is 49.7 Å². The minimum atomic E-state index is 0.360. The number of rotatable bonds is 6. The van der Waals surface area contributed by atoms with Gasteiger partial charge in [-0.25, -0.2) is 0 Å². The van der Waals surface area contributed by atoms with Crippen molar-refractivity contribution < 1.29 is 4.74 Å². The Labute approximate surface area is 103 Å². The molecule has 1 N–H and O–H groups in total. The van der Waals surface area contributed by atoms with Crippen LogP contribution in [-0.4, -0.2) is 26.0 Å². The van der Waals surface area contributed by atoms with Crippen molar-refractivity contribution in [3.8, 4) is 0 Å². The number of methoxy groups -OCH3 is 1. The Morgan fingerprint density at radius 2 is 2.00 bits per heavy atom. The van der Waals surface area contributed by atoms with Gasteiger partial charge in [0.1, 0.15) is 0 Å². The van der Waals surface area contributed by atoms with Crippen LogP contribution in [0.2, 0.25) is 0 Å². The molecule has 0 aliphatic rings. The highest BCUT2D eigenvalue weighted by molar-refractivity contribution is 7.98. The summed E-state index contributed by atoms with van der Waals surface area (Å²) < 4.78 is 5.24. The monoisotopic (exact) mass is 239 g/mol. The smallest absolute Gasteiger partial charge is 0.0666 e. The molecule has 0 aromatic heterocycles. The highest BCUT2D eigenvalue weighted by Crippen LogP contribution is 2.26. The lowest BCUT2D eigenvalue weighted by Crippen LogP contribution is -2.30. The van der Waals surface area contributed by atoms with E-state index in [1.807, 2.05) is 0 Å². The summed E-state index contributed by atoms with van der Waals surface area (Å²) in [5.74, 6) is 0.551. The van der Waals surface area contributed by atoms with E-state index in [1.54, 1.807) is 18.9 Å². The summed E-state index contributed by atoms with van der Waals surface area (Å²) in [4.78, 5) is 1.28. The molecule has 0 bridgehead atoms. The topological polar surface area (TPSA) is 21.3 Å². The number of anilines is 1. The molecule has 1 aromatic rings. The van der Waals surface area contributed by atoms with Crippen LogP contribution in [0.25, 0.3) is 0 Å². The van der Waals surface area contributed by atoms with Gasteiger partial charge in [-0.3, -0.25) is 0 Å². The standard InChI is InChI=1S/C13H21NOS/c1-10(2)12(9-15-3)14-11-7-5-6-8-13(11)16-4/h5-8,10,12,14H,9H2,1-4H3. The van der Waals surface area contributed by atoms with Crippen LogP contribution in [0.3, 0.4) is 0 Å². The van der Waals surface area contributed by atoms with Crippen molar-refractivity contribution in [1.29, 1.82) is 0 Å². The fourth-order valence-electron chi connectivity index (χ4n) is 1.54. The van der Waals surface area contributed by atoms with E-state index in [9.17, 15) is 0 Å². The van der Waals surface area contributed by atoms with Crippen LogP contribution in [0.1, 0.15) is 13.8 Å². The molecule has 1 unspecified atom stereocenters. The number of hydrogen-bond acceptors (Lipinski definition) is 3. The van der Waals surface area contributed by atoms with Crippen LogP contribution in [0.15, 0.2) is 29.2 Å². The van der Waals surface area contributed by atoms with Gasteiger partial charge in [0, 0.05) is 17.7 Å². The molecule has 1 aromatic carbocycles. The molecule has 0 radical (unpaired) electrons. The van der Waals surface area contributed by atoms with Crippen molar-refractivity contribution in [2.45, 2.75) is 24.8 Å². The van der Waals surface area contributed by atoms with Crippen molar-refractivity contribution in [2.75, 3.05) is 25.3 Å². The first-order valence-corrected chi connectivity index (χ1v) is 6.80. The minimum Gasteiger partial charge on any atom is -0.383 e. The van der Waals surface area contributed by atoms with E-state index >= 15 is 0 Å². The lowest BCUT2D eigenvalue weighted by Gasteiger charge is -2.23. The van der Waals surface area contributed by atoms with E-state index in [0.29, 0.717) is 12.0 Å². The third-order valence-corrected chi connectivity index (χ3v) is 3.39. The number of para-hydroxylation sites is 1. The molecule has 0 saturated carbocycles. The molecule has 90 valence electrons. The van der Waals surface area contributed by atoms with Gasteiger partial charge in [-0.15, -0.1) is 11.8 Å². The number of ether oxygens (including phenoxy) is 1. The largest absolute Gasteiger partial charge is 0.383 e. The molecule has 0 spiro atoms. The zero-order valence-corrected chi connectivity index (χ0v) is 11.3. The van der Waals surface area contributed by atoms with Crippen molar-refractivity contribution in [1.82, 2.24) is 0 Å². The molecule has 0 saturated heterocycles. The maximum atomic E-state index is 5.24. The van der Waals surface area contributed by atoms with E-state index in [0.717, 1.165) is 6.61 Å². The molecule has 0 fully saturated rings. The molecule has 2 nitrogen and oxygen atoms in total. The van der Waals surface area contributed by atoms with Gasteiger partial charge >= 0.3 is 0 Å². The first-order chi connectivity index (χ1) is 7.69. The average molecular weight is 239 g/mol.